The first-order valence-electron chi connectivity index (χ1n) is 12.1. The van der Waals surface area contributed by atoms with Crippen LogP contribution in [0.1, 0.15) is 31.2 Å². The monoisotopic (exact) mass is 491 g/mol. The fourth-order valence-electron chi connectivity index (χ4n) is 4.92. The minimum atomic E-state index is -3.61. The first-order chi connectivity index (χ1) is 16.9. The van der Waals surface area contributed by atoms with Gasteiger partial charge < -0.3 is 10.2 Å². The molecule has 35 heavy (non-hydrogen) atoms. The van der Waals surface area contributed by atoms with Gasteiger partial charge in [0.25, 0.3) is 0 Å². The van der Waals surface area contributed by atoms with Crippen molar-refractivity contribution < 1.29 is 18.0 Å². The van der Waals surface area contributed by atoms with E-state index in [0.29, 0.717) is 44.6 Å². The van der Waals surface area contributed by atoms with Crippen LogP contribution in [0.5, 0.6) is 0 Å². The van der Waals surface area contributed by atoms with Crippen molar-refractivity contribution in [2.45, 2.75) is 37.1 Å². The van der Waals surface area contributed by atoms with Crippen LogP contribution in [0.25, 0.3) is 10.8 Å². The van der Waals surface area contributed by atoms with Crippen LogP contribution in [-0.4, -0.2) is 49.1 Å². The Bertz CT molecular complexity index is 1360. The Labute approximate surface area is 205 Å². The molecule has 2 amide bonds. The van der Waals surface area contributed by atoms with Crippen molar-refractivity contribution in [2.75, 3.05) is 25.0 Å². The van der Waals surface area contributed by atoms with Crippen molar-refractivity contribution >= 4 is 38.3 Å². The quantitative estimate of drug-likeness (QED) is 0.565. The summed E-state index contributed by atoms with van der Waals surface area (Å²) in [4.78, 5) is 26.9. The SMILES string of the molecule is O=C(Nc1cccc(CN2CCCC2=O)c1)C1CCN(S(=O)(=O)c2ccc3ccccc3c2)CC1. The van der Waals surface area contributed by atoms with Gasteiger partial charge in [-0.1, -0.05) is 42.5 Å². The third-order valence-corrected chi connectivity index (χ3v) is 8.82. The average Bonchev–Trinajstić information content (AvgIpc) is 3.28. The molecule has 182 valence electrons. The lowest BCUT2D eigenvalue weighted by atomic mass is 9.97. The lowest BCUT2D eigenvalue weighted by molar-refractivity contribution is -0.128. The van der Waals surface area contributed by atoms with E-state index in [1.165, 1.54) is 4.31 Å². The van der Waals surface area contributed by atoms with Crippen molar-refractivity contribution in [1.29, 1.82) is 0 Å². The molecule has 7 nitrogen and oxygen atoms in total. The molecule has 0 aromatic heterocycles. The largest absolute Gasteiger partial charge is 0.338 e. The third kappa shape index (κ3) is 5.09. The van der Waals surface area contributed by atoms with E-state index in [1.807, 2.05) is 59.5 Å². The number of hydrogen-bond donors (Lipinski definition) is 1. The third-order valence-electron chi connectivity index (χ3n) is 6.92. The topological polar surface area (TPSA) is 86.8 Å². The summed E-state index contributed by atoms with van der Waals surface area (Å²) in [6.45, 7) is 1.94. The number of likely N-dealkylation sites (tertiary alicyclic amines) is 1. The van der Waals surface area contributed by atoms with Crippen LogP contribution in [0.4, 0.5) is 5.69 Å². The number of hydrogen-bond acceptors (Lipinski definition) is 4. The molecule has 0 bridgehead atoms. The number of carbonyl (C=O) groups is 2. The van der Waals surface area contributed by atoms with Crippen LogP contribution in [0.3, 0.4) is 0 Å². The highest BCUT2D eigenvalue weighted by atomic mass is 32.2. The van der Waals surface area contributed by atoms with Crippen LogP contribution in [0, 0.1) is 5.92 Å². The van der Waals surface area contributed by atoms with Crippen molar-refractivity contribution in [3.8, 4) is 0 Å². The second-order valence-electron chi connectivity index (χ2n) is 9.30. The summed E-state index contributed by atoms with van der Waals surface area (Å²) in [7, 11) is -3.61. The molecule has 0 aliphatic carbocycles. The van der Waals surface area contributed by atoms with Crippen molar-refractivity contribution in [3.05, 3.63) is 72.3 Å². The number of fused-ring (bicyclic) bond motifs is 1. The van der Waals surface area contributed by atoms with Gasteiger partial charge in [0.05, 0.1) is 4.90 Å². The fourth-order valence-corrected chi connectivity index (χ4v) is 6.42. The molecule has 0 saturated carbocycles. The second-order valence-corrected chi connectivity index (χ2v) is 11.2. The van der Waals surface area contributed by atoms with Crippen LogP contribution in [0.15, 0.2) is 71.6 Å². The van der Waals surface area contributed by atoms with Gasteiger partial charge in [-0.3, -0.25) is 9.59 Å². The van der Waals surface area contributed by atoms with Gasteiger partial charge in [-0.15, -0.1) is 0 Å². The summed E-state index contributed by atoms with van der Waals surface area (Å²) >= 11 is 0. The summed E-state index contributed by atoms with van der Waals surface area (Å²) in [5.41, 5.74) is 1.68. The van der Waals surface area contributed by atoms with Gasteiger partial charge in [-0.2, -0.15) is 4.31 Å². The highest BCUT2D eigenvalue weighted by Gasteiger charge is 2.32. The van der Waals surface area contributed by atoms with E-state index in [0.717, 1.165) is 29.3 Å². The Hall–Kier alpha value is -3.23. The zero-order valence-electron chi connectivity index (χ0n) is 19.5. The molecular weight excluding hydrogens is 462 g/mol. The molecule has 2 aliphatic rings. The van der Waals surface area contributed by atoms with Crippen molar-refractivity contribution in [2.24, 2.45) is 5.92 Å². The van der Waals surface area contributed by atoms with E-state index in [2.05, 4.69) is 5.32 Å². The Kier molecular flexibility index (Phi) is 6.58. The Morgan fingerprint density at radius 1 is 0.914 bits per heavy atom. The van der Waals surface area contributed by atoms with Gasteiger partial charge in [0.2, 0.25) is 21.8 Å². The average molecular weight is 492 g/mol. The molecule has 5 rings (SSSR count). The highest BCUT2D eigenvalue weighted by molar-refractivity contribution is 7.89. The molecule has 0 radical (unpaired) electrons. The Morgan fingerprint density at radius 2 is 1.69 bits per heavy atom. The number of nitrogens with zero attached hydrogens (tertiary/aromatic N) is 2. The first kappa shape index (κ1) is 23.5. The number of anilines is 1. The predicted molar refractivity (Wildman–Crippen MR) is 135 cm³/mol. The first-order valence-corrected chi connectivity index (χ1v) is 13.5. The smallest absolute Gasteiger partial charge is 0.243 e. The molecule has 2 fully saturated rings. The maximum absolute atomic E-state index is 13.2. The van der Waals surface area contributed by atoms with Crippen LogP contribution >= 0.6 is 0 Å². The number of benzene rings is 3. The normalized spacial score (nSPS) is 17.7. The number of nitrogens with one attached hydrogen (secondary N) is 1. The lowest BCUT2D eigenvalue weighted by Gasteiger charge is -2.30. The molecule has 3 aromatic rings. The second kappa shape index (κ2) is 9.79. The molecule has 0 spiro atoms. The fraction of sp³-hybridized carbons (Fsp3) is 0.333. The van der Waals surface area contributed by atoms with Crippen molar-refractivity contribution in [3.63, 3.8) is 0 Å². The van der Waals surface area contributed by atoms with Crippen LogP contribution in [0.2, 0.25) is 0 Å². The van der Waals surface area contributed by atoms with Gasteiger partial charge in [-0.05, 0) is 59.9 Å². The standard InChI is InChI=1S/C27H29N3O4S/c31-26-9-4-14-29(26)19-20-5-3-8-24(17-20)28-27(32)22-12-15-30(16-13-22)35(33,34)25-11-10-21-6-1-2-7-23(21)18-25/h1-3,5-8,10-11,17-18,22H,4,9,12-16,19H2,(H,28,32). The van der Waals surface area contributed by atoms with E-state index in [4.69, 9.17) is 0 Å². The molecule has 2 saturated heterocycles. The van der Waals surface area contributed by atoms with Gasteiger partial charge in [0, 0.05) is 44.2 Å². The molecule has 8 heteroatoms. The number of piperidine rings is 1. The maximum Gasteiger partial charge on any atom is 0.243 e. The molecule has 3 aromatic carbocycles. The maximum atomic E-state index is 13.2. The van der Waals surface area contributed by atoms with Gasteiger partial charge in [0.15, 0.2) is 0 Å². The Balaban J connectivity index is 1.19. The molecule has 0 unspecified atom stereocenters. The van der Waals surface area contributed by atoms with E-state index >= 15 is 0 Å². The van der Waals surface area contributed by atoms with Gasteiger partial charge in [0.1, 0.15) is 0 Å². The molecular formula is C27H29N3O4S. The summed E-state index contributed by atoms with van der Waals surface area (Å²) in [6.07, 6.45) is 2.44. The summed E-state index contributed by atoms with van der Waals surface area (Å²) < 4.78 is 27.9. The predicted octanol–water partition coefficient (Wildman–Crippen LogP) is 4.00. The number of carbonyl (C=O) groups excluding carboxylic acids is 2. The highest BCUT2D eigenvalue weighted by Crippen LogP contribution is 2.27. The number of amides is 2. The number of rotatable bonds is 6. The molecule has 2 aliphatic heterocycles. The number of sulfonamides is 1. The zero-order chi connectivity index (χ0) is 24.4. The van der Waals surface area contributed by atoms with E-state index < -0.39 is 10.0 Å². The summed E-state index contributed by atoms with van der Waals surface area (Å²) in [5, 5.41) is 4.87. The van der Waals surface area contributed by atoms with E-state index in [1.54, 1.807) is 12.1 Å². The molecule has 0 atom stereocenters. The van der Waals surface area contributed by atoms with Crippen LogP contribution in [-0.2, 0) is 26.2 Å². The van der Waals surface area contributed by atoms with E-state index in [9.17, 15) is 18.0 Å². The van der Waals surface area contributed by atoms with E-state index in [-0.39, 0.29) is 22.6 Å². The van der Waals surface area contributed by atoms with Crippen molar-refractivity contribution in [1.82, 2.24) is 9.21 Å². The minimum Gasteiger partial charge on any atom is -0.338 e. The zero-order valence-corrected chi connectivity index (χ0v) is 20.3. The Morgan fingerprint density at radius 3 is 2.43 bits per heavy atom. The minimum absolute atomic E-state index is 0.0952. The van der Waals surface area contributed by atoms with Gasteiger partial charge >= 0.3 is 0 Å². The van der Waals surface area contributed by atoms with Crippen LogP contribution < -0.4 is 5.32 Å². The lowest BCUT2D eigenvalue weighted by Crippen LogP contribution is -2.41. The summed E-state index contributed by atoms with van der Waals surface area (Å²) in [5.74, 6) is -0.172. The molecule has 2 heterocycles. The summed E-state index contributed by atoms with van der Waals surface area (Å²) in [6, 6.07) is 20.5. The van der Waals surface area contributed by atoms with Gasteiger partial charge in [-0.25, -0.2) is 8.42 Å². The molecule has 1 N–H and O–H groups in total.